The van der Waals surface area contributed by atoms with Crippen LogP contribution in [0.3, 0.4) is 0 Å². The van der Waals surface area contributed by atoms with Crippen LogP contribution in [0.25, 0.3) is 0 Å². The Kier molecular flexibility index (Phi) is 4.29. The minimum Gasteiger partial charge on any atom is -0.302 e. The number of aromatic nitrogens is 1. The minimum absolute atomic E-state index is 0.270. The van der Waals surface area contributed by atoms with Gasteiger partial charge in [0.05, 0.1) is 11.2 Å². The molecule has 0 spiro atoms. The summed E-state index contributed by atoms with van der Waals surface area (Å²) in [6.07, 6.45) is 2.79. The van der Waals surface area contributed by atoms with Gasteiger partial charge in [0.2, 0.25) is 0 Å². The average Bonchev–Trinajstić information content (AvgIpc) is 2.74. The molecule has 94 valence electrons. The lowest BCUT2D eigenvalue weighted by molar-refractivity contribution is -0.126. The van der Waals surface area contributed by atoms with Gasteiger partial charge >= 0.3 is 0 Å². The zero-order valence-electron chi connectivity index (χ0n) is 10.6. The fourth-order valence-corrected chi connectivity index (χ4v) is 3.13. The number of carbonyl (C=O) groups excluding carboxylic acids is 1. The molecule has 1 aromatic rings. The number of likely N-dealkylation sites (tertiary alicyclic amines) is 1. The third-order valence-electron chi connectivity index (χ3n) is 3.60. The van der Waals surface area contributed by atoms with Crippen molar-refractivity contribution < 1.29 is 4.79 Å². The van der Waals surface area contributed by atoms with Crippen molar-refractivity contribution in [2.45, 2.75) is 33.1 Å². The maximum atomic E-state index is 11.6. The summed E-state index contributed by atoms with van der Waals surface area (Å²) in [5, 5.41) is 0. The summed E-state index contributed by atoms with van der Waals surface area (Å²) < 4.78 is 0. The Balaban J connectivity index is 1.84. The molecule has 1 fully saturated rings. The molecule has 3 nitrogen and oxygen atoms in total. The molecule has 0 amide bonds. The second kappa shape index (κ2) is 5.74. The van der Waals surface area contributed by atoms with Gasteiger partial charge in [0.25, 0.3) is 0 Å². The summed E-state index contributed by atoms with van der Waals surface area (Å²) in [6.45, 7) is 7.13. The Labute approximate surface area is 107 Å². The minimum atomic E-state index is 0.270. The van der Waals surface area contributed by atoms with Gasteiger partial charge in [0.1, 0.15) is 5.78 Å². The molecule has 1 saturated heterocycles. The van der Waals surface area contributed by atoms with Gasteiger partial charge < -0.3 is 4.90 Å². The highest BCUT2D eigenvalue weighted by atomic mass is 32.1. The number of aryl methyl sites for hydroxylation is 1. The van der Waals surface area contributed by atoms with Gasteiger partial charge in [-0.25, -0.2) is 4.98 Å². The number of hydrogen-bond acceptors (Lipinski definition) is 4. The second-order valence-corrected chi connectivity index (χ2v) is 5.67. The van der Waals surface area contributed by atoms with E-state index >= 15 is 0 Å². The molecular formula is C13H20N2OS. The van der Waals surface area contributed by atoms with Crippen molar-refractivity contribution in [3.05, 3.63) is 16.1 Å². The van der Waals surface area contributed by atoms with Gasteiger partial charge in [-0.2, -0.15) is 0 Å². The first kappa shape index (κ1) is 12.7. The highest BCUT2D eigenvalue weighted by Gasteiger charge is 2.25. The van der Waals surface area contributed by atoms with E-state index in [9.17, 15) is 4.79 Å². The van der Waals surface area contributed by atoms with Crippen LogP contribution in [-0.4, -0.2) is 35.3 Å². The van der Waals surface area contributed by atoms with Gasteiger partial charge in [-0.1, -0.05) is 6.92 Å². The smallest absolute Gasteiger partial charge is 0.138 e. The van der Waals surface area contributed by atoms with Crippen LogP contribution >= 0.6 is 11.3 Å². The van der Waals surface area contributed by atoms with Crippen molar-refractivity contribution in [2.24, 2.45) is 5.92 Å². The van der Waals surface area contributed by atoms with Crippen molar-refractivity contribution in [2.75, 3.05) is 19.6 Å². The Morgan fingerprint density at radius 3 is 3.06 bits per heavy atom. The predicted octanol–water partition coefficient (Wildman–Crippen LogP) is 2.30. The largest absolute Gasteiger partial charge is 0.302 e. The first-order valence-electron chi connectivity index (χ1n) is 6.34. The third-order valence-corrected chi connectivity index (χ3v) is 4.60. The average molecular weight is 252 g/mol. The molecule has 0 aliphatic carbocycles. The van der Waals surface area contributed by atoms with Crippen molar-refractivity contribution >= 4 is 17.1 Å². The highest BCUT2D eigenvalue weighted by molar-refractivity contribution is 7.09. The fraction of sp³-hybridized carbons (Fsp3) is 0.692. The van der Waals surface area contributed by atoms with E-state index in [4.69, 9.17) is 0 Å². The lowest BCUT2D eigenvalue weighted by Gasteiger charge is -2.31. The number of thiazole rings is 1. The number of Topliss-reactive ketones (excluding diaryl/α,β-unsaturated/α-hetero) is 1. The van der Waals surface area contributed by atoms with Crippen molar-refractivity contribution in [1.29, 1.82) is 0 Å². The monoisotopic (exact) mass is 252 g/mol. The first-order valence-corrected chi connectivity index (χ1v) is 7.22. The zero-order chi connectivity index (χ0) is 12.3. The zero-order valence-corrected chi connectivity index (χ0v) is 11.4. The van der Waals surface area contributed by atoms with Crippen LogP contribution in [0.5, 0.6) is 0 Å². The van der Waals surface area contributed by atoms with E-state index in [1.807, 2.05) is 5.51 Å². The van der Waals surface area contributed by atoms with Gasteiger partial charge in [-0.05, 0) is 19.8 Å². The third kappa shape index (κ3) is 3.13. The Morgan fingerprint density at radius 2 is 2.41 bits per heavy atom. The van der Waals surface area contributed by atoms with E-state index in [1.54, 1.807) is 11.3 Å². The van der Waals surface area contributed by atoms with Gasteiger partial charge in [0, 0.05) is 36.9 Å². The Morgan fingerprint density at radius 1 is 1.59 bits per heavy atom. The standard InChI is InChI=1S/C13H20N2OS/c1-3-11-8-15(6-4-12(11)16)7-5-13-10(2)14-9-17-13/h9,11H,3-8H2,1-2H3. The fourth-order valence-electron chi connectivity index (χ4n) is 2.36. The maximum absolute atomic E-state index is 11.6. The molecule has 1 aliphatic rings. The maximum Gasteiger partial charge on any atom is 0.138 e. The van der Waals surface area contributed by atoms with E-state index in [0.29, 0.717) is 5.78 Å². The predicted molar refractivity (Wildman–Crippen MR) is 70.4 cm³/mol. The SMILES string of the molecule is CCC1CN(CCc2scnc2C)CCC1=O. The number of rotatable bonds is 4. The summed E-state index contributed by atoms with van der Waals surface area (Å²) in [5.74, 6) is 0.726. The summed E-state index contributed by atoms with van der Waals surface area (Å²) in [7, 11) is 0. The van der Waals surface area contributed by atoms with E-state index in [1.165, 1.54) is 4.88 Å². The molecule has 2 rings (SSSR count). The van der Waals surface area contributed by atoms with Crippen LogP contribution in [0, 0.1) is 12.8 Å². The molecule has 1 unspecified atom stereocenters. The highest BCUT2D eigenvalue weighted by Crippen LogP contribution is 2.18. The Bertz CT molecular complexity index is 389. The van der Waals surface area contributed by atoms with Crippen LogP contribution in [0.1, 0.15) is 30.3 Å². The van der Waals surface area contributed by atoms with Crippen molar-refractivity contribution in [1.82, 2.24) is 9.88 Å². The van der Waals surface area contributed by atoms with E-state index in [0.717, 1.165) is 44.6 Å². The van der Waals surface area contributed by atoms with Gasteiger partial charge in [-0.3, -0.25) is 4.79 Å². The molecule has 0 radical (unpaired) electrons. The topological polar surface area (TPSA) is 33.2 Å². The Hall–Kier alpha value is -0.740. The summed E-state index contributed by atoms with van der Waals surface area (Å²) in [5.41, 5.74) is 3.08. The lowest BCUT2D eigenvalue weighted by atomic mass is 9.94. The normalized spacial score (nSPS) is 22.0. The van der Waals surface area contributed by atoms with Crippen LogP contribution < -0.4 is 0 Å². The van der Waals surface area contributed by atoms with Crippen LogP contribution in [0.2, 0.25) is 0 Å². The number of piperidine rings is 1. The van der Waals surface area contributed by atoms with E-state index < -0.39 is 0 Å². The quantitative estimate of drug-likeness (QED) is 0.824. The summed E-state index contributed by atoms with van der Waals surface area (Å²) in [4.78, 5) is 19.7. The van der Waals surface area contributed by atoms with Crippen LogP contribution in [-0.2, 0) is 11.2 Å². The molecule has 0 saturated carbocycles. The number of carbonyl (C=O) groups is 1. The molecule has 0 bridgehead atoms. The van der Waals surface area contributed by atoms with E-state index in [2.05, 4.69) is 23.7 Å². The number of ketones is 1. The van der Waals surface area contributed by atoms with Crippen molar-refractivity contribution in [3.63, 3.8) is 0 Å². The second-order valence-electron chi connectivity index (χ2n) is 4.73. The molecule has 0 aromatic carbocycles. The molecular weight excluding hydrogens is 232 g/mol. The summed E-state index contributed by atoms with van der Waals surface area (Å²) in [6, 6.07) is 0. The van der Waals surface area contributed by atoms with Crippen molar-refractivity contribution in [3.8, 4) is 0 Å². The lowest BCUT2D eigenvalue weighted by Crippen LogP contribution is -2.41. The molecule has 17 heavy (non-hydrogen) atoms. The number of nitrogens with zero attached hydrogens (tertiary/aromatic N) is 2. The molecule has 1 aromatic heterocycles. The summed E-state index contributed by atoms with van der Waals surface area (Å²) >= 11 is 1.74. The first-order chi connectivity index (χ1) is 8.20. The molecule has 1 aliphatic heterocycles. The van der Waals surface area contributed by atoms with Crippen LogP contribution in [0.15, 0.2) is 5.51 Å². The van der Waals surface area contributed by atoms with E-state index in [-0.39, 0.29) is 5.92 Å². The molecule has 1 atom stereocenters. The molecule has 4 heteroatoms. The van der Waals surface area contributed by atoms with Gasteiger partial charge in [-0.15, -0.1) is 11.3 Å². The molecule has 2 heterocycles. The number of hydrogen-bond donors (Lipinski definition) is 0. The van der Waals surface area contributed by atoms with Crippen LogP contribution in [0.4, 0.5) is 0 Å². The molecule has 0 N–H and O–H groups in total. The van der Waals surface area contributed by atoms with Gasteiger partial charge in [0.15, 0.2) is 0 Å².